The van der Waals surface area contributed by atoms with Gasteiger partial charge >= 0.3 is 0 Å². The third kappa shape index (κ3) is 3.63. The van der Waals surface area contributed by atoms with Crippen LogP contribution in [0.2, 0.25) is 0 Å². The van der Waals surface area contributed by atoms with Crippen LogP contribution in [0.1, 0.15) is 37.8 Å². The Morgan fingerprint density at radius 1 is 1.19 bits per heavy atom. The van der Waals surface area contributed by atoms with Gasteiger partial charge in [-0.15, -0.1) is 0 Å². The Balaban J connectivity index is 1.51. The van der Waals surface area contributed by atoms with Gasteiger partial charge in [-0.25, -0.2) is 0 Å². The van der Waals surface area contributed by atoms with Gasteiger partial charge in [-0.05, 0) is 55.3 Å². The first-order chi connectivity index (χ1) is 10.3. The van der Waals surface area contributed by atoms with E-state index in [0.717, 1.165) is 25.7 Å². The van der Waals surface area contributed by atoms with E-state index in [0.29, 0.717) is 6.04 Å². The first-order valence-electron chi connectivity index (χ1n) is 8.13. The van der Waals surface area contributed by atoms with E-state index in [1.807, 2.05) is 0 Å². The first kappa shape index (κ1) is 14.6. The average Bonchev–Trinajstić information content (AvgIpc) is 3.09. The maximum Gasteiger partial charge on any atom is 0.0495 e. The molecule has 0 spiro atoms. The predicted molar refractivity (Wildman–Crippen MR) is 87.6 cm³/mol. The average molecular weight is 283 g/mol. The summed E-state index contributed by atoms with van der Waals surface area (Å²) in [5.74, 6) is 0.793. The van der Waals surface area contributed by atoms with Crippen LogP contribution in [0.4, 0.5) is 0 Å². The topological polar surface area (TPSA) is 21.3 Å². The van der Waals surface area contributed by atoms with Crippen molar-refractivity contribution in [3.8, 4) is 11.1 Å². The summed E-state index contributed by atoms with van der Waals surface area (Å²) < 4.78 is 5.43. The summed E-state index contributed by atoms with van der Waals surface area (Å²) in [7, 11) is 0. The normalized spacial score (nSPS) is 20.0. The van der Waals surface area contributed by atoms with Crippen molar-refractivity contribution in [1.82, 2.24) is 5.32 Å². The van der Waals surface area contributed by atoms with Crippen LogP contribution in [0.15, 0.2) is 42.5 Å². The van der Waals surface area contributed by atoms with Crippen molar-refractivity contribution in [3.05, 3.63) is 48.0 Å². The van der Waals surface area contributed by atoms with Crippen LogP contribution in [0, 0.1) is 5.92 Å². The number of hydrogen-bond donors (Lipinski definition) is 1. The lowest BCUT2D eigenvalue weighted by Crippen LogP contribution is -2.20. The standard InChI is InChI=1S/C19H25NO/c1-15(20-12-5-6-16-11-13-21-14-16)18-10-9-17-7-3-2-4-8-19(17)18/h2-4,7-10,15-16,20H,5-6,11-14H2,1H3. The van der Waals surface area contributed by atoms with Crippen molar-refractivity contribution < 1.29 is 4.74 Å². The molecule has 3 aliphatic rings. The fraction of sp³-hybridized carbons (Fsp3) is 0.474. The van der Waals surface area contributed by atoms with Crippen molar-refractivity contribution in [3.63, 3.8) is 0 Å². The second-order valence-corrected chi connectivity index (χ2v) is 6.12. The van der Waals surface area contributed by atoms with E-state index in [-0.39, 0.29) is 0 Å². The van der Waals surface area contributed by atoms with Gasteiger partial charge in [0.2, 0.25) is 0 Å². The summed E-state index contributed by atoms with van der Waals surface area (Å²) in [6.07, 6.45) is 3.78. The highest BCUT2D eigenvalue weighted by Crippen LogP contribution is 2.31. The number of fused-ring (bicyclic) bond motifs is 1. The lowest BCUT2D eigenvalue weighted by atomic mass is 10.0. The molecule has 1 heterocycles. The van der Waals surface area contributed by atoms with Crippen molar-refractivity contribution in [2.24, 2.45) is 5.92 Å². The molecule has 0 aromatic rings. The molecule has 112 valence electrons. The van der Waals surface area contributed by atoms with Crippen LogP contribution in [0.25, 0.3) is 11.1 Å². The van der Waals surface area contributed by atoms with Crippen LogP contribution in [-0.4, -0.2) is 19.8 Å². The van der Waals surface area contributed by atoms with Crippen LogP contribution < -0.4 is 5.32 Å². The Morgan fingerprint density at radius 2 is 2.10 bits per heavy atom. The van der Waals surface area contributed by atoms with Gasteiger partial charge in [0, 0.05) is 19.3 Å². The Morgan fingerprint density at radius 3 is 2.95 bits per heavy atom. The largest absolute Gasteiger partial charge is 0.381 e. The maximum absolute atomic E-state index is 5.43. The van der Waals surface area contributed by atoms with Crippen LogP contribution >= 0.6 is 0 Å². The van der Waals surface area contributed by atoms with Crippen molar-refractivity contribution in [2.75, 3.05) is 19.8 Å². The van der Waals surface area contributed by atoms with Crippen LogP contribution in [0.3, 0.4) is 0 Å². The lowest BCUT2D eigenvalue weighted by Gasteiger charge is -2.15. The van der Waals surface area contributed by atoms with Crippen molar-refractivity contribution >= 4 is 0 Å². The number of hydrogen-bond acceptors (Lipinski definition) is 2. The minimum Gasteiger partial charge on any atom is -0.381 e. The molecule has 0 radical (unpaired) electrons. The first-order valence-corrected chi connectivity index (χ1v) is 8.13. The summed E-state index contributed by atoms with van der Waals surface area (Å²) in [4.78, 5) is 0. The Bertz CT molecular complexity index is 533. The zero-order valence-electron chi connectivity index (χ0n) is 12.8. The molecule has 0 aromatic heterocycles. The summed E-state index contributed by atoms with van der Waals surface area (Å²) in [5.41, 5.74) is 4.10. The third-order valence-corrected chi connectivity index (χ3v) is 4.56. The molecule has 3 rings (SSSR count). The van der Waals surface area contributed by atoms with Gasteiger partial charge in [0.25, 0.3) is 0 Å². The molecule has 0 aromatic carbocycles. The number of ether oxygens (including phenoxy) is 1. The van der Waals surface area contributed by atoms with Crippen molar-refractivity contribution in [1.29, 1.82) is 0 Å². The lowest BCUT2D eigenvalue weighted by molar-refractivity contribution is 0.183. The third-order valence-electron chi connectivity index (χ3n) is 4.56. The maximum atomic E-state index is 5.43. The second-order valence-electron chi connectivity index (χ2n) is 6.12. The highest BCUT2D eigenvalue weighted by Gasteiger charge is 2.16. The SMILES string of the molecule is CC(NCCCC1CCOC1)c1ccc2cccccc1-2. The molecule has 0 amide bonds. The molecule has 2 unspecified atom stereocenters. The molecule has 0 bridgehead atoms. The quantitative estimate of drug-likeness (QED) is 0.800. The van der Waals surface area contributed by atoms with E-state index in [4.69, 9.17) is 4.74 Å². The van der Waals surface area contributed by atoms with E-state index in [1.165, 1.54) is 36.0 Å². The van der Waals surface area contributed by atoms with Crippen LogP contribution in [0.5, 0.6) is 0 Å². The fourth-order valence-corrected chi connectivity index (χ4v) is 3.25. The van der Waals surface area contributed by atoms with E-state index >= 15 is 0 Å². The summed E-state index contributed by atoms with van der Waals surface area (Å²) in [6.45, 7) is 5.29. The Labute approximate surface area is 127 Å². The molecule has 1 N–H and O–H groups in total. The van der Waals surface area contributed by atoms with E-state index in [2.05, 4.69) is 54.7 Å². The monoisotopic (exact) mass is 283 g/mol. The van der Waals surface area contributed by atoms with Gasteiger partial charge in [0.1, 0.15) is 0 Å². The molecule has 2 aliphatic carbocycles. The smallest absolute Gasteiger partial charge is 0.0495 e. The minimum absolute atomic E-state index is 0.407. The Hall–Kier alpha value is -1.38. The molecular weight excluding hydrogens is 258 g/mol. The molecular formula is C19H25NO. The molecule has 2 atom stereocenters. The summed E-state index contributed by atoms with van der Waals surface area (Å²) in [5, 5.41) is 3.67. The minimum atomic E-state index is 0.407. The highest BCUT2D eigenvalue weighted by molar-refractivity contribution is 5.70. The van der Waals surface area contributed by atoms with Gasteiger partial charge in [0.05, 0.1) is 0 Å². The predicted octanol–water partition coefficient (Wildman–Crippen LogP) is 4.26. The second kappa shape index (κ2) is 7.06. The summed E-state index contributed by atoms with van der Waals surface area (Å²) >= 11 is 0. The molecule has 1 fully saturated rings. The van der Waals surface area contributed by atoms with Crippen molar-refractivity contribution in [2.45, 2.75) is 32.2 Å². The van der Waals surface area contributed by atoms with Gasteiger partial charge in [-0.1, -0.05) is 42.5 Å². The number of rotatable bonds is 6. The molecule has 1 saturated heterocycles. The zero-order chi connectivity index (χ0) is 14.5. The van der Waals surface area contributed by atoms with Gasteiger partial charge in [-0.2, -0.15) is 0 Å². The highest BCUT2D eigenvalue weighted by atomic mass is 16.5. The van der Waals surface area contributed by atoms with E-state index in [9.17, 15) is 0 Å². The molecule has 2 nitrogen and oxygen atoms in total. The van der Waals surface area contributed by atoms with Crippen LogP contribution in [-0.2, 0) is 4.74 Å². The van der Waals surface area contributed by atoms with E-state index in [1.54, 1.807) is 0 Å². The molecule has 0 saturated carbocycles. The van der Waals surface area contributed by atoms with Gasteiger partial charge in [0.15, 0.2) is 0 Å². The van der Waals surface area contributed by atoms with Gasteiger partial charge in [-0.3, -0.25) is 0 Å². The molecule has 2 heteroatoms. The fourth-order valence-electron chi connectivity index (χ4n) is 3.25. The zero-order valence-corrected chi connectivity index (χ0v) is 12.8. The summed E-state index contributed by atoms with van der Waals surface area (Å²) in [6, 6.07) is 15.6. The van der Waals surface area contributed by atoms with E-state index < -0.39 is 0 Å². The molecule has 21 heavy (non-hydrogen) atoms. The Kier molecular flexibility index (Phi) is 4.89. The number of nitrogens with one attached hydrogen (secondary N) is 1. The van der Waals surface area contributed by atoms with Gasteiger partial charge < -0.3 is 10.1 Å². The molecule has 1 aliphatic heterocycles.